The van der Waals surface area contributed by atoms with Gasteiger partial charge >= 0.3 is 0 Å². The van der Waals surface area contributed by atoms with E-state index in [9.17, 15) is 0 Å². The van der Waals surface area contributed by atoms with E-state index < -0.39 is 0 Å². The van der Waals surface area contributed by atoms with Gasteiger partial charge in [-0.05, 0) is 49.9 Å². The highest BCUT2D eigenvalue weighted by Crippen LogP contribution is 2.37. The maximum Gasteiger partial charge on any atom is 0.0923 e. The second-order valence-corrected chi connectivity index (χ2v) is 6.30. The van der Waals surface area contributed by atoms with Gasteiger partial charge in [0.05, 0.1) is 16.7 Å². The summed E-state index contributed by atoms with van der Waals surface area (Å²) >= 11 is 0. The van der Waals surface area contributed by atoms with Gasteiger partial charge in [0, 0.05) is 23.4 Å². The average Bonchev–Trinajstić information content (AvgIpc) is 2.76. The predicted molar refractivity (Wildman–Crippen MR) is 95.6 cm³/mol. The second-order valence-electron chi connectivity index (χ2n) is 6.30. The van der Waals surface area contributed by atoms with Gasteiger partial charge in [0.2, 0.25) is 0 Å². The first-order valence-corrected chi connectivity index (χ1v) is 8.62. The third-order valence-electron chi connectivity index (χ3n) is 4.92. The van der Waals surface area contributed by atoms with Crippen LogP contribution in [0.25, 0.3) is 22.3 Å². The van der Waals surface area contributed by atoms with Crippen molar-refractivity contribution in [1.29, 1.82) is 0 Å². The van der Waals surface area contributed by atoms with Gasteiger partial charge in [-0.25, -0.2) is 0 Å². The van der Waals surface area contributed by atoms with Crippen molar-refractivity contribution < 1.29 is 0 Å². The van der Waals surface area contributed by atoms with Gasteiger partial charge in [-0.3, -0.25) is 4.98 Å². The zero-order valence-corrected chi connectivity index (χ0v) is 13.7. The fraction of sp³-hybridized carbons (Fsp3) is 0.350. The molecular weight excluding hydrogens is 282 g/mol. The molecule has 0 saturated carbocycles. The maximum absolute atomic E-state index is 5.94. The van der Waals surface area contributed by atoms with Crippen LogP contribution in [-0.4, -0.2) is 16.1 Å². The van der Waals surface area contributed by atoms with Crippen molar-refractivity contribution >= 4 is 11.0 Å². The van der Waals surface area contributed by atoms with Crippen molar-refractivity contribution in [2.45, 2.75) is 39.2 Å². The number of nitrogens with zero attached hydrogens (tertiary/aromatic N) is 2. The van der Waals surface area contributed by atoms with Gasteiger partial charge in [-0.2, -0.15) is 0 Å². The van der Waals surface area contributed by atoms with Crippen LogP contribution in [-0.2, 0) is 25.8 Å². The van der Waals surface area contributed by atoms with E-state index in [4.69, 9.17) is 10.7 Å². The van der Waals surface area contributed by atoms with Crippen LogP contribution < -0.4 is 5.73 Å². The summed E-state index contributed by atoms with van der Waals surface area (Å²) in [5.74, 6) is 0. The van der Waals surface area contributed by atoms with Crippen LogP contribution in [0.3, 0.4) is 0 Å². The molecule has 2 N–H and O–H groups in total. The Morgan fingerprint density at radius 2 is 2.04 bits per heavy atom. The van der Waals surface area contributed by atoms with Crippen LogP contribution in [0, 0.1) is 0 Å². The van der Waals surface area contributed by atoms with E-state index in [1.807, 2.05) is 0 Å². The Morgan fingerprint density at radius 1 is 1.17 bits per heavy atom. The van der Waals surface area contributed by atoms with E-state index in [1.165, 1.54) is 34.3 Å². The van der Waals surface area contributed by atoms with Crippen LogP contribution in [0.1, 0.15) is 30.2 Å². The number of fused-ring (bicyclic) bond motifs is 5. The summed E-state index contributed by atoms with van der Waals surface area (Å²) in [6.07, 6.45) is 4.16. The molecule has 0 amide bonds. The standard InChI is InChI=1S/C20H23N3/c1-2-15-9-10-18-19(22-15)17(11-12-21)20-16-8-4-3-6-14(16)7-5-13-23(18)20/h3-4,6,8-10H,2,5,7,11-13,21H2,1H3. The molecule has 1 aliphatic rings. The Balaban J connectivity index is 2.08. The van der Waals surface area contributed by atoms with E-state index in [1.54, 1.807) is 0 Å². The summed E-state index contributed by atoms with van der Waals surface area (Å²) in [6.45, 7) is 3.87. The van der Waals surface area contributed by atoms with Crippen molar-refractivity contribution in [2.75, 3.05) is 6.54 Å². The first-order chi connectivity index (χ1) is 11.3. The van der Waals surface area contributed by atoms with Gasteiger partial charge in [0.15, 0.2) is 0 Å². The van der Waals surface area contributed by atoms with E-state index >= 15 is 0 Å². The minimum absolute atomic E-state index is 0.659. The molecule has 4 rings (SSSR count). The lowest BCUT2D eigenvalue weighted by atomic mass is 9.98. The largest absolute Gasteiger partial charge is 0.339 e. The van der Waals surface area contributed by atoms with Crippen molar-refractivity contribution in [3.05, 3.63) is 53.2 Å². The molecule has 0 bridgehead atoms. The Hall–Kier alpha value is -2.13. The number of aromatic nitrogens is 2. The molecule has 0 atom stereocenters. The van der Waals surface area contributed by atoms with Crippen molar-refractivity contribution in [3.8, 4) is 11.3 Å². The van der Waals surface area contributed by atoms with Gasteiger partial charge < -0.3 is 10.3 Å². The third-order valence-corrected chi connectivity index (χ3v) is 4.92. The lowest BCUT2D eigenvalue weighted by molar-refractivity contribution is 0.679. The van der Waals surface area contributed by atoms with E-state index in [-0.39, 0.29) is 0 Å². The highest BCUT2D eigenvalue weighted by Gasteiger charge is 2.23. The summed E-state index contributed by atoms with van der Waals surface area (Å²) in [6, 6.07) is 13.2. The Kier molecular flexibility index (Phi) is 3.66. The van der Waals surface area contributed by atoms with Gasteiger partial charge in [0.25, 0.3) is 0 Å². The van der Waals surface area contributed by atoms with E-state index in [0.29, 0.717) is 6.54 Å². The second kappa shape index (κ2) is 5.82. The molecule has 0 aliphatic carbocycles. The molecule has 0 spiro atoms. The topological polar surface area (TPSA) is 43.8 Å². The Morgan fingerprint density at radius 3 is 2.87 bits per heavy atom. The number of pyridine rings is 1. The smallest absolute Gasteiger partial charge is 0.0923 e. The van der Waals surface area contributed by atoms with Crippen molar-refractivity contribution in [1.82, 2.24) is 9.55 Å². The zero-order chi connectivity index (χ0) is 15.8. The minimum Gasteiger partial charge on any atom is -0.339 e. The molecule has 23 heavy (non-hydrogen) atoms. The maximum atomic E-state index is 5.94. The zero-order valence-electron chi connectivity index (χ0n) is 13.7. The summed E-state index contributed by atoms with van der Waals surface area (Å²) < 4.78 is 2.47. The molecule has 0 radical (unpaired) electrons. The van der Waals surface area contributed by atoms with Crippen LogP contribution in [0.2, 0.25) is 0 Å². The lowest BCUT2D eigenvalue weighted by Crippen LogP contribution is -2.05. The molecule has 3 heterocycles. The first-order valence-electron chi connectivity index (χ1n) is 8.62. The molecule has 118 valence electrons. The SMILES string of the molecule is CCc1ccc2c(n1)c(CCN)c1n2CCCc2ccccc2-1. The molecule has 1 aromatic carbocycles. The molecule has 3 aromatic rings. The summed E-state index contributed by atoms with van der Waals surface area (Å²) in [4.78, 5) is 4.94. The van der Waals surface area contributed by atoms with E-state index in [2.05, 4.69) is 47.9 Å². The van der Waals surface area contributed by atoms with Crippen LogP contribution >= 0.6 is 0 Å². The summed E-state index contributed by atoms with van der Waals surface area (Å²) in [7, 11) is 0. The first kappa shape index (κ1) is 14.5. The molecule has 3 nitrogen and oxygen atoms in total. The summed E-state index contributed by atoms with van der Waals surface area (Å²) in [5, 5.41) is 0. The molecule has 1 aliphatic heterocycles. The summed E-state index contributed by atoms with van der Waals surface area (Å²) in [5.41, 5.74) is 15.0. The molecule has 2 aromatic heterocycles. The van der Waals surface area contributed by atoms with Gasteiger partial charge in [-0.15, -0.1) is 0 Å². The fourth-order valence-electron chi connectivity index (χ4n) is 3.84. The molecule has 0 fully saturated rings. The molecule has 0 unspecified atom stereocenters. The van der Waals surface area contributed by atoms with Gasteiger partial charge in [0.1, 0.15) is 0 Å². The van der Waals surface area contributed by atoms with E-state index in [0.717, 1.165) is 37.0 Å². The fourth-order valence-corrected chi connectivity index (χ4v) is 3.84. The molecular formula is C20H23N3. The average molecular weight is 305 g/mol. The monoisotopic (exact) mass is 305 g/mol. The minimum atomic E-state index is 0.659. The van der Waals surface area contributed by atoms with Crippen LogP contribution in [0.15, 0.2) is 36.4 Å². The molecule has 3 heteroatoms. The normalized spacial score (nSPS) is 13.7. The van der Waals surface area contributed by atoms with Crippen LogP contribution in [0.5, 0.6) is 0 Å². The predicted octanol–water partition coefficient (Wildman–Crippen LogP) is 3.71. The number of benzene rings is 1. The van der Waals surface area contributed by atoms with Crippen molar-refractivity contribution in [2.24, 2.45) is 5.73 Å². The number of hydrogen-bond donors (Lipinski definition) is 1. The third kappa shape index (κ3) is 2.27. The van der Waals surface area contributed by atoms with Gasteiger partial charge in [-0.1, -0.05) is 31.2 Å². The highest BCUT2D eigenvalue weighted by molar-refractivity contribution is 5.90. The Labute approximate surface area is 137 Å². The number of hydrogen-bond acceptors (Lipinski definition) is 2. The lowest BCUT2D eigenvalue weighted by Gasteiger charge is -2.10. The number of aryl methyl sites for hydroxylation is 3. The highest BCUT2D eigenvalue weighted by atomic mass is 15.0. The van der Waals surface area contributed by atoms with Crippen molar-refractivity contribution in [3.63, 3.8) is 0 Å². The Bertz CT molecular complexity index is 861. The number of rotatable bonds is 3. The van der Waals surface area contributed by atoms with Crippen LogP contribution in [0.4, 0.5) is 0 Å². The quantitative estimate of drug-likeness (QED) is 0.801. The molecule has 0 saturated heterocycles. The number of nitrogens with two attached hydrogens (primary N) is 1.